The highest BCUT2D eigenvalue weighted by Gasteiger charge is 2.10. The first-order chi connectivity index (χ1) is 9.58. The Morgan fingerprint density at radius 2 is 2.05 bits per heavy atom. The Balaban J connectivity index is 2.43. The maximum Gasteiger partial charge on any atom is 0.354 e. The number of carboxylic acid groups (broad SMARTS) is 1. The number of amides is 1. The molecule has 2 N–H and O–H groups in total. The van der Waals surface area contributed by atoms with Crippen molar-refractivity contribution in [2.24, 2.45) is 0 Å². The van der Waals surface area contributed by atoms with Crippen molar-refractivity contribution < 1.29 is 14.7 Å². The number of pyridine rings is 1. The van der Waals surface area contributed by atoms with Crippen LogP contribution in [0.5, 0.6) is 0 Å². The fourth-order valence-electron chi connectivity index (χ4n) is 1.84. The van der Waals surface area contributed by atoms with Crippen LogP contribution in [-0.4, -0.2) is 53.0 Å². The summed E-state index contributed by atoms with van der Waals surface area (Å²) in [6.07, 6.45) is 2.19. The highest BCUT2D eigenvalue weighted by atomic mass is 16.4. The van der Waals surface area contributed by atoms with E-state index in [0.29, 0.717) is 12.1 Å². The second-order valence-electron chi connectivity index (χ2n) is 4.37. The Kier molecular flexibility index (Phi) is 6.66. The molecule has 0 saturated heterocycles. The SMILES string of the molecule is CCN(CC)CCCNC(=O)c1ccnc(C(=O)O)c1. The Morgan fingerprint density at radius 3 is 2.65 bits per heavy atom. The number of aromatic nitrogens is 1. The van der Waals surface area contributed by atoms with Gasteiger partial charge in [-0.3, -0.25) is 4.79 Å². The zero-order valence-electron chi connectivity index (χ0n) is 11.9. The van der Waals surface area contributed by atoms with E-state index in [0.717, 1.165) is 26.1 Å². The van der Waals surface area contributed by atoms with Crippen LogP contribution in [0, 0.1) is 0 Å². The predicted molar refractivity (Wildman–Crippen MR) is 75.9 cm³/mol. The molecule has 1 amide bonds. The van der Waals surface area contributed by atoms with Gasteiger partial charge >= 0.3 is 5.97 Å². The quantitative estimate of drug-likeness (QED) is 0.700. The van der Waals surface area contributed by atoms with E-state index < -0.39 is 5.97 Å². The average molecular weight is 279 g/mol. The van der Waals surface area contributed by atoms with Crippen LogP contribution in [0.3, 0.4) is 0 Å². The first-order valence-electron chi connectivity index (χ1n) is 6.78. The van der Waals surface area contributed by atoms with E-state index in [2.05, 4.69) is 29.0 Å². The molecule has 6 nitrogen and oxygen atoms in total. The number of nitrogens with zero attached hydrogens (tertiary/aromatic N) is 2. The molecule has 20 heavy (non-hydrogen) atoms. The lowest BCUT2D eigenvalue weighted by atomic mass is 10.2. The molecule has 0 unspecified atom stereocenters. The second-order valence-corrected chi connectivity index (χ2v) is 4.37. The topological polar surface area (TPSA) is 82.5 Å². The summed E-state index contributed by atoms with van der Waals surface area (Å²) in [6.45, 7) is 7.70. The zero-order valence-corrected chi connectivity index (χ0v) is 11.9. The summed E-state index contributed by atoms with van der Waals surface area (Å²) >= 11 is 0. The lowest BCUT2D eigenvalue weighted by molar-refractivity contribution is 0.0690. The van der Waals surface area contributed by atoms with Crippen molar-refractivity contribution in [2.45, 2.75) is 20.3 Å². The molecule has 1 rings (SSSR count). The number of carbonyl (C=O) groups is 2. The van der Waals surface area contributed by atoms with Gasteiger partial charge in [0.15, 0.2) is 0 Å². The highest BCUT2D eigenvalue weighted by molar-refractivity contribution is 5.96. The van der Waals surface area contributed by atoms with Crippen molar-refractivity contribution in [3.8, 4) is 0 Å². The molecule has 0 bridgehead atoms. The molecular weight excluding hydrogens is 258 g/mol. The van der Waals surface area contributed by atoms with Crippen LogP contribution in [0.15, 0.2) is 18.3 Å². The van der Waals surface area contributed by atoms with Gasteiger partial charge in [-0.05, 0) is 38.2 Å². The van der Waals surface area contributed by atoms with Crippen molar-refractivity contribution in [1.29, 1.82) is 0 Å². The molecule has 0 aliphatic rings. The average Bonchev–Trinajstić information content (AvgIpc) is 2.47. The Labute approximate surface area is 118 Å². The number of nitrogens with one attached hydrogen (secondary N) is 1. The van der Waals surface area contributed by atoms with Gasteiger partial charge in [-0.1, -0.05) is 13.8 Å². The van der Waals surface area contributed by atoms with Gasteiger partial charge in [0.1, 0.15) is 5.69 Å². The summed E-state index contributed by atoms with van der Waals surface area (Å²) in [5.74, 6) is -1.41. The van der Waals surface area contributed by atoms with Crippen LogP contribution in [0.25, 0.3) is 0 Å². The van der Waals surface area contributed by atoms with Gasteiger partial charge in [-0.15, -0.1) is 0 Å². The summed E-state index contributed by atoms with van der Waals surface area (Å²) in [6, 6.07) is 2.79. The molecule has 0 radical (unpaired) electrons. The van der Waals surface area contributed by atoms with Crippen LogP contribution >= 0.6 is 0 Å². The van der Waals surface area contributed by atoms with Crippen LogP contribution in [-0.2, 0) is 0 Å². The van der Waals surface area contributed by atoms with E-state index in [1.807, 2.05) is 0 Å². The standard InChI is InChI=1S/C14H21N3O3/c1-3-17(4-2)9-5-7-16-13(18)11-6-8-15-12(10-11)14(19)20/h6,8,10H,3-5,7,9H2,1-2H3,(H,16,18)(H,19,20). The molecule has 0 aromatic carbocycles. The molecule has 0 fully saturated rings. The van der Waals surface area contributed by atoms with Crippen LogP contribution < -0.4 is 5.32 Å². The molecule has 1 heterocycles. The molecule has 110 valence electrons. The maximum atomic E-state index is 11.9. The Bertz CT molecular complexity index is 459. The minimum absolute atomic E-state index is 0.124. The smallest absolute Gasteiger partial charge is 0.354 e. The Morgan fingerprint density at radius 1 is 1.35 bits per heavy atom. The van der Waals surface area contributed by atoms with Crippen LogP contribution in [0.1, 0.15) is 41.1 Å². The lowest BCUT2D eigenvalue weighted by Crippen LogP contribution is -2.30. The van der Waals surface area contributed by atoms with E-state index in [9.17, 15) is 9.59 Å². The molecule has 1 aromatic rings. The van der Waals surface area contributed by atoms with Crippen LogP contribution in [0.2, 0.25) is 0 Å². The van der Waals surface area contributed by atoms with Crippen molar-refractivity contribution in [3.63, 3.8) is 0 Å². The van der Waals surface area contributed by atoms with Gasteiger partial charge in [-0.2, -0.15) is 0 Å². The molecule has 0 spiro atoms. The third kappa shape index (κ3) is 4.97. The van der Waals surface area contributed by atoms with Gasteiger partial charge in [0.05, 0.1) is 0 Å². The van der Waals surface area contributed by atoms with Gasteiger partial charge in [-0.25, -0.2) is 9.78 Å². The van der Waals surface area contributed by atoms with E-state index in [-0.39, 0.29) is 11.6 Å². The van der Waals surface area contributed by atoms with Gasteiger partial charge in [0.2, 0.25) is 0 Å². The predicted octanol–water partition coefficient (Wildman–Crippen LogP) is 1.24. The first-order valence-corrected chi connectivity index (χ1v) is 6.78. The first kappa shape index (κ1) is 16.1. The molecule has 0 aliphatic carbocycles. The molecule has 0 atom stereocenters. The van der Waals surface area contributed by atoms with E-state index in [1.54, 1.807) is 0 Å². The van der Waals surface area contributed by atoms with E-state index in [4.69, 9.17) is 5.11 Å². The van der Waals surface area contributed by atoms with Gasteiger partial charge < -0.3 is 15.3 Å². The van der Waals surface area contributed by atoms with Crippen molar-refractivity contribution in [1.82, 2.24) is 15.2 Å². The lowest BCUT2D eigenvalue weighted by Gasteiger charge is -2.17. The maximum absolute atomic E-state index is 11.9. The normalized spacial score (nSPS) is 10.6. The van der Waals surface area contributed by atoms with E-state index >= 15 is 0 Å². The number of hydrogen-bond acceptors (Lipinski definition) is 4. The minimum atomic E-state index is -1.14. The third-order valence-electron chi connectivity index (χ3n) is 3.07. The van der Waals surface area contributed by atoms with Crippen molar-refractivity contribution >= 4 is 11.9 Å². The van der Waals surface area contributed by atoms with Gasteiger partial charge in [0.25, 0.3) is 5.91 Å². The monoisotopic (exact) mass is 279 g/mol. The highest BCUT2D eigenvalue weighted by Crippen LogP contribution is 2.02. The van der Waals surface area contributed by atoms with Crippen LogP contribution in [0.4, 0.5) is 0 Å². The number of carbonyl (C=O) groups excluding carboxylic acids is 1. The van der Waals surface area contributed by atoms with Crippen molar-refractivity contribution in [3.05, 3.63) is 29.6 Å². The number of aromatic carboxylic acids is 1. The fraction of sp³-hybridized carbons (Fsp3) is 0.500. The van der Waals surface area contributed by atoms with E-state index in [1.165, 1.54) is 18.3 Å². The number of hydrogen-bond donors (Lipinski definition) is 2. The fourth-order valence-corrected chi connectivity index (χ4v) is 1.84. The largest absolute Gasteiger partial charge is 0.477 e. The third-order valence-corrected chi connectivity index (χ3v) is 3.07. The molecule has 6 heteroatoms. The summed E-state index contributed by atoms with van der Waals surface area (Å²) in [4.78, 5) is 28.6. The minimum Gasteiger partial charge on any atom is -0.477 e. The summed E-state index contributed by atoms with van der Waals surface area (Å²) in [5, 5.41) is 11.6. The summed E-state index contributed by atoms with van der Waals surface area (Å²) in [7, 11) is 0. The summed E-state index contributed by atoms with van der Waals surface area (Å²) in [5.41, 5.74) is 0.195. The zero-order chi connectivity index (χ0) is 15.0. The number of rotatable bonds is 8. The number of carboxylic acids is 1. The Hall–Kier alpha value is -1.95. The second kappa shape index (κ2) is 8.27. The molecule has 0 aliphatic heterocycles. The van der Waals surface area contributed by atoms with Gasteiger partial charge in [0, 0.05) is 18.3 Å². The molecular formula is C14H21N3O3. The van der Waals surface area contributed by atoms with Crippen molar-refractivity contribution in [2.75, 3.05) is 26.2 Å². The molecule has 1 aromatic heterocycles. The molecule has 0 saturated carbocycles. The summed E-state index contributed by atoms with van der Waals surface area (Å²) < 4.78 is 0.